The number of urea groups is 1. The van der Waals surface area contributed by atoms with Gasteiger partial charge in [0.05, 0.1) is 18.9 Å². The molecule has 1 aliphatic rings. The van der Waals surface area contributed by atoms with Crippen LogP contribution in [-0.4, -0.2) is 30.3 Å². The van der Waals surface area contributed by atoms with Crippen molar-refractivity contribution in [3.05, 3.63) is 77.8 Å². The SMILES string of the molecule is COc1ccc([C@]2(C)NC(=O)N(/N=C\c3ccc(-c4ccccc4F)o3)C2=O)cc1. The van der Waals surface area contributed by atoms with Gasteiger partial charge in [0.25, 0.3) is 5.91 Å². The summed E-state index contributed by atoms with van der Waals surface area (Å²) in [5.41, 5.74) is -0.360. The molecule has 7 nitrogen and oxygen atoms in total. The number of carbonyl (C=O) groups excluding carboxylic acids is 2. The van der Waals surface area contributed by atoms with Gasteiger partial charge in [-0.2, -0.15) is 5.10 Å². The Morgan fingerprint density at radius 1 is 1.10 bits per heavy atom. The minimum absolute atomic E-state index is 0.270. The Morgan fingerprint density at radius 2 is 1.83 bits per heavy atom. The van der Waals surface area contributed by atoms with Crippen LogP contribution in [0.15, 0.2) is 70.2 Å². The van der Waals surface area contributed by atoms with E-state index < -0.39 is 23.3 Å². The molecule has 1 aliphatic heterocycles. The highest BCUT2D eigenvalue weighted by molar-refractivity contribution is 6.07. The predicted octanol–water partition coefficient (Wildman–Crippen LogP) is 3.90. The fourth-order valence-corrected chi connectivity index (χ4v) is 3.19. The summed E-state index contributed by atoms with van der Waals surface area (Å²) in [7, 11) is 1.54. The van der Waals surface area contributed by atoms with Crippen molar-refractivity contribution in [3.63, 3.8) is 0 Å². The molecule has 2 aromatic carbocycles. The van der Waals surface area contributed by atoms with Crippen LogP contribution in [0.25, 0.3) is 11.3 Å². The maximum Gasteiger partial charge on any atom is 0.346 e. The molecule has 4 rings (SSSR count). The van der Waals surface area contributed by atoms with Crippen LogP contribution in [0.3, 0.4) is 0 Å². The van der Waals surface area contributed by atoms with E-state index in [1.54, 1.807) is 68.6 Å². The lowest BCUT2D eigenvalue weighted by Crippen LogP contribution is -2.40. The molecule has 0 bridgehead atoms. The maximum atomic E-state index is 13.9. The van der Waals surface area contributed by atoms with E-state index in [9.17, 15) is 14.0 Å². The molecule has 3 aromatic rings. The van der Waals surface area contributed by atoms with E-state index in [0.717, 1.165) is 5.01 Å². The summed E-state index contributed by atoms with van der Waals surface area (Å²) in [4.78, 5) is 25.3. The standard InChI is InChI=1S/C22H18FN3O4/c1-22(14-7-9-15(29-2)10-8-14)20(27)26(21(28)25-22)24-13-16-11-12-19(30-16)17-5-3-4-6-18(17)23/h3-13H,1-2H3,(H,25,28)/b24-13-/t22-/m0/s1. The van der Waals surface area contributed by atoms with E-state index in [4.69, 9.17) is 9.15 Å². The minimum Gasteiger partial charge on any atom is -0.497 e. The molecule has 1 N–H and O–H groups in total. The number of halogens is 1. The Morgan fingerprint density at radius 3 is 2.53 bits per heavy atom. The van der Waals surface area contributed by atoms with Crippen molar-refractivity contribution in [3.8, 4) is 17.1 Å². The second kappa shape index (κ2) is 7.47. The van der Waals surface area contributed by atoms with Gasteiger partial charge in [-0.1, -0.05) is 24.3 Å². The van der Waals surface area contributed by atoms with Gasteiger partial charge in [-0.15, -0.1) is 5.01 Å². The van der Waals surface area contributed by atoms with Crippen LogP contribution >= 0.6 is 0 Å². The topological polar surface area (TPSA) is 84.1 Å². The normalized spacial score (nSPS) is 18.8. The Bertz CT molecular complexity index is 1140. The summed E-state index contributed by atoms with van der Waals surface area (Å²) in [6, 6.07) is 15.5. The number of benzene rings is 2. The van der Waals surface area contributed by atoms with Crippen molar-refractivity contribution in [2.75, 3.05) is 7.11 Å². The van der Waals surface area contributed by atoms with Gasteiger partial charge >= 0.3 is 6.03 Å². The number of nitrogens with zero attached hydrogens (tertiary/aromatic N) is 2. The molecular weight excluding hydrogens is 389 g/mol. The van der Waals surface area contributed by atoms with E-state index in [0.29, 0.717) is 22.6 Å². The molecular formula is C22H18FN3O4. The van der Waals surface area contributed by atoms with Gasteiger partial charge in [0.15, 0.2) is 0 Å². The number of amides is 3. The maximum absolute atomic E-state index is 13.9. The summed E-state index contributed by atoms with van der Waals surface area (Å²) >= 11 is 0. The third-order valence-corrected chi connectivity index (χ3v) is 4.90. The summed E-state index contributed by atoms with van der Waals surface area (Å²) in [5.74, 6) is 0.272. The van der Waals surface area contributed by atoms with E-state index >= 15 is 0 Å². The largest absolute Gasteiger partial charge is 0.497 e. The van der Waals surface area contributed by atoms with Crippen molar-refractivity contribution in [1.82, 2.24) is 10.3 Å². The molecule has 1 atom stereocenters. The number of rotatable bonds is 5. The number of furan rings is 1. The van der Waals surface area contributed by atoms with Crippen LogP contribution in [0.1, 0.15) is 18.2 Å². The molecule has 1 aromatic heterocycles. The number of nitrogens with one attached hydrogen (secondary N) is 1. The first-order valence-corrected chi connectivity index (χ1v) is 9.12. The van der Waals surface area contributed by atoms with Crippen LogP contribution in [0, 0.1) is 5.82 Å². The molecule has 0 radical (unpaired) electrons. The molecule has 152 valence electrons. The van der Waals surface area contributed by atoms with Crippen molar-refractivity contribution in [2.45, 2.75) is 12.5 Å². The summed E-state index contributed by atoms with van der Waals surface area (Å²) in [6.07, 6.45) is 1.24. The smallest absolute Gasteiger partial charge is 0.346 e. The van der Waals surface area contributed by atoms with Crippen LogP contribution in [0.4, 0.5) is 9.18 Å². The molecule has 1 saturated heterocycles. The second-order valence-electron chi connectivity index (χ2n) is 6.83. The van der Waals surface area contributed by atoms with Crippen LogP contribution in [-0.2, 0) is 10.3 Å². The molecule has 0 spiro atoms. The summed E-state index contributed by atoms with van der Waals surface area (Å²) < 4.78 is 24.6. The molecule has 30 heavy (non-hydrogen) atoms. The van der Waals surface area contributed by atoms with Gasteiger partial charge in [0.1, 0.15) is 28.6 Å². The van der Waals surface area contributed by atoms with Crippen LogP contribution in [0.5, 0.6) is 5.75 Å². The Labute approximate surface area is 171 Å². The van der Waals surface area contributed by atoms with Gasteiger partial charge in [0.2, 0.25) is 0 Å². The molecule has 8 heteroatoms. The lowest BCUT2D eigenvalue weighted by molar-refractivity contribution is -0.131. The number of hydrogen-bond acceptors (Lipinski definition) is 5. The van der Waals surface area contributed by atoms with E-state index in [1.165, 1.54) is 12.3 Å². The lowest BCUT2D eigenvalue weighted by atomic mass is 9.92. The van der Waals surface area contributed by atoms with E-state index in [1.807, 2.05) is 0 Å². The molecule has 0 aliphatic carbocycles. The van der Waals surface area contributed by atoms with Gasteiger partial charge < -0.3 is 14.5 Å². The fourth-order valence-electron chi connectivity index (χ4n) is 3.19. The highest BCUT2D eigenvalue weighted by Crippen LogP contribution is 2.30. The fraction of sp³-hybridized carbons (Fsp3) is 0.136. The first-order valence-electron chi connectivity index (χ1n) is 9.12. The van der Waals surface area contributed by atoms with Crippen LogP contribution in [0.2, 0.25) is 0 Å². The summed E-state index contributed by atoms with van der Waals surface area (Å²) in [5, 5.41) is 7.38. The molecule has 2 heterocycles. The first-order chi connectivity index (χ1) is 14.4. The number of imide groups is 1. The molecule has 0 saturated carbocycles. The third-order valence-electron chi connectivity index (χ3n) is 4.90. The van der Waals surface area contributed by atoms with Crippen LogP contribution < -0.4 is 10.1 Å². The number of hydrazone groups is 1. The van der Waals surface area contributed by atoms with Gasteiger partial charge in [-0.05, 0) is 48.9 Å². The highest BCUT2D eigenvalue weighted by Gasteiger charge is 2.49. The Balaban J connectivity index is 1.55. The first kappa shape index (κ1) is 19.4. The molecule has 1 fully saturated rings. The summed E-state index contributed by atoms with van der Waals surface area (Å²) in [6.45, 7) is 1.60. The molecule has 0 unspecified atom stereocenters. The van der Waals surface area contributed by atoms with Gasteiger partial charge in [0, 0.05) is 0 Å². The van der Waals surface area contributed by atoms with Gasteiger partial charge in [-0.3, -0.25) is 4.79 Å². The predicted molar refractivity (Wildman–Crippen MR) is 107 cm³/mol. The van der Waals surface area contributed by atoms with Crippen molar-refractivity contribution < 1.29 is 23.1 Å². The van der Waals surface area contributed by atoms with Crippen molar-refractivity contribution in [1.29, 1.82) is 0 Å². The Hall–Kier alpha value is -3.94. The second-order valence-corrected chi connectivity index (χ2v) is 6.83. The number of hydrogen-bond donors (Lipinski definition) is 1. The highest BCUT2D eigenvalue weighted by atomic mass is 19.1. The van der Waals surface area contributed by atoms with E-state index in [2.05, 4.69) is 10.4 Å². The monoisotopic (exact) mass is 407 g/mol. The number of ether oxygens (including phenoxy) is 1. The van der Waals surface area contributed by atoms with Crippen molar-refractivity contribution >= 4 is 18.2 Å². The third kappa shape index (κ3) is 3.32. The van der Waals surface area contributed by atoms with E-state index in [-0.39, 0.29) is 5.76 Å². The molecule has 3 amide bonds. The quantitative estimate of drug-likeness (QED) is 0.514. The van der Waals surface area contributed by atoms with Crippen molar-refractivity contribution in [2.24, 2.45) is 5.10 Å². The zero-order valence-corrected chi connectivity index (χ0v) is 16.3. The average molecular weight is 407 g/mol. The average Bonchev–Trinajstić information content (AvgIpc) is 3.30. The lowest BCUT2D eigenvalue weighted by Gasteiger charge is -2.21. The minimum atomic E-state index is -1.26. The number of methoxy groups -OCH3 is 1. The number of carbonyl (C=O) groups is 2. The van der Waals surface area contributed by atoms with Gasteiger partial charge in [-0.25, -0.2) is 9.18 Å². The zero-order valence-electron chi connectivity index (χ0n) is 16.3. The zero-order chi connectivity index (χ0) is 21.3. The Kier molecular flexibility index (Phi) is 4.83.